The fourth-order valence-electron chi connectivity index (χ4n) is 3.46. The second-order valence-corrected chi connectivity index (χ2v) is 8.55. The van der Waals surface area contributed by atoms with Gasteiger partial charge in [-0.2, -0.15) is 0 Å². The van der Waals surface area contributed by atoms with Gasteiger partial charge < -0.3 is 16.0 Å². The Morgan fingerprint density at radius 1 is 0.906 bits per heavy atom. The predicted molar refractivity (Wildman–Crippen MR) is 129 cm³/mol. The summed E-state index contributed by atoms with van der Waals surface area (Å²) in [5.41, 5.74) is 3.45. The summed E-state index contributed by atoms with van der Waals surface area (Å²) < 4.78 is 0. The fraction of sp³-hybridized carbons (Fsp3) is 0.240. The molecular weight excluding hydrogens is 422 g/mol. The maximum atomic E-state index is 13.2. The highest BCUT2D eigenvalue weighted by Crippen LogP contribution is 2.28. The molecule has 3 N–H and O–H groups in total. The van der Waals surface area contributed by atoms with Gasteiger partial charge in [0.15, 0.2) is 0 Å². The van der Waals surface area contributed by atoms with Crippen LogP contribution in [-0.4, -0.2) is 17.7 Å². The Morgan fingerprint density at radius 2 is 1.53 bits per heavy atom. The molecule has 1 aromatic heterocycles. The molecule has 0 radical (unpaired) electrons. The van der Waals surface area contributed by atoms with E-state index in [1.807, 2.05) is 29.6 Å². The Hall–Kier alpha value is -3.45. The number of thiophene rings is 1. The molecule has 0 aliphatic heterocycles. The first-order chi connectivity index (χ1) is 15.4. The Labute approximate surface area is 192 Å². The molecule has 0 bridgehead atoms. The quantitative estimate of drug-likeness (QED) is 0.445. The van der Waals surface area contributed by atoms with Crippen LogP contribution in [0.5, 0.6) is 0 Å². The number of carbonyl (C=O) groups is 3. The molecule has 0 spiro atoms. The minimum atomic E-state index is -0.313. The second-order valence-electron chi connectivity index (χ2n) is 7.57. The first-order valence-corrected chi connectivity index (χ1v) is 11.4. The van der Waals surface area contributed by atoms with Gasteiger partial charge in [0.1, 0.15) is 0 Å². The number of amides is 3. The zero-order chi connectivity index (χ0) is 23.1. The topological polar surface area (TPSA) is 87.3 Å². The number of carbonyl (C=O) groups excluding carboxylic acids is 3. The molecular formula is C25H27N3O3S. The van der Waals surface area contributed by atoms with E-state index < -0.39 is 0 Å². The standard InChI is InChI=1S/C25H27N3O3S/c1-4-6-18-8-10-19(11-9-18)24(23-7-5-12-32-23)28-25(31)20-13-21(26-16(2)29)15-22(14-20)27-17(3)30/h5,7-15,24H,4,6H2,1-3H3,(H,26,29)(H,27,30)(H,28,31). The lowest BCUT2D eigenvalue weighted by Gasteiger charge is -2.19. The Morgan fingerprint density at radius 3 is 2.03 bits per heavy atom. The predicted octanol–water partition coefficient (Wildman–Crippen LogP) is 5.14. The van der Waals surface area contributed by atoms with E-state index in [0.29, 0.717) is 16.9 Å². The lowest BCUT2D eigenvalue weighted by molar-refractivity contribution is -0.115. The normalized spacial score (nSPS) is 11.5. The van der Waals surface area contributed by atoms with E-state index >= 15 is 0 Å². The maximum absolute atomic E-state index is 13.2. The van der Waals surface area contributed by atoms with Crippen molar-refractivity contribution in [1.82, 2.24) is 5.32 Å². The molecule has 0 saturated heterocycles. The molecule has 0 fully saturated rings. The number of aryl methyl sites for hydroxylation is 1. The van der Waals surface area contributed by atoms with Crippen molar-refractivity contribution in [3.8, 4) is 0 Å². The van der Waals surface area contributed by atoms with Gasteiger partial charge in [0.2, 0.25) is 11.8 Å². The largest absolute Gasteiger partial charge is 0.340 e. The van der Waals surface area contributed by atoms with Crippen molar-refractivity contribution < 1.29 is 14.4 Å². The molecule has 1 unspecified atom stereocenters. The van der Waals surface area contributed by atoms with Gasteiger partial charge in [-0.1, -0.05) is 43.7 Å². The molecule has 3 aromatic rings. The van der Waals surface area contributed by atoms with Gasteiger partial charge in [-0.05, 0) is 47.2 Å². The first-order valence-electron chi connectivity index (χ1n) is 10.5. The highest BCUT2D eigenvalue weighted by Gasteiger charge is 2.20. The first kappa shape index (κ1) is 23.2. The van der Waals surface area contributed by atoms with Gasteiger partial charge in [0.25, 0.3) is 5.91 Å². The summed E-state index contributed by atoms with van der Waals surface area (Å²) in [5.74, 6) is -0.834. The van der Waals surface area contributed by atoms with Crippen molar-refractivity contribution in [3.63, 3.8) is 0 Å². The molecule has 6 nitrogen and oxygen atoms in total. The van der Waals surface area contributed by atoms with E-state index in [9.17, 15) is 14.4 Å². The van der Waals surface area contributed by atoms with Crippen LogP contribution in [0.1, 0.15) is 59.6 Å². The Bertz CT molecular complexity index is 1060. The third-order valence-electron chi connectivity index (χ3n) is 4.79. The number of hydrogen-bond acceptors (Lipinski definition) is 4. The minimum absolute atomic E-state index is 0.264. The van der Waals surface area contributed by atoms with Gasteiger partial charge in [-0.3, -0.25) is 14.4 Å². The van der Waals surface area contributed by atoms with Gasteiger partial charge in [0, 0.05) is 35.7 Å². The zero-order valence-electron chi connectivity index (χ0n) is 18.4. The summed E-state index contributed by atoms with van der Waals surface area (Å²) in [6.45, 7) is 4.92. The van der Waals surface area contributed by atoms with E-state index in [1.165, 1.54) is 19.4 Å². The van der Waals surface area contributed by atoms with Crippen LogP contribution in [0.15, 0.2) is 60.0 Å². The zero-order valence-corrected chi connectivity index (χ0v) is 19.2. The molecule has 1 heterocycles. The Balaban J connectivity index is 1.91. The molecule has 0 aliphatic carbocycles. The summed E-state index contributed by atoms with van der Waals surface area (Å²) in [6.07, 6.45) is 2.09. The minimum Gasteiger partial charge on any atom is -0.340 e. The number of nitrogens with one attached hydrogen (secondary N) is 3. The van der Waals surface area contributed by atoms with Crippen LogP contribution in [0.2, 0.25) is 0 Å². The number of hydrogen-bond donors (Lipinski definition) is 3. The fourth-order valence-corrected chi connectivity index (χ4v) is 4.27. The second kappa shape index (κ2) is 10.7. The van der Waals surface area contributed by atoms with Gasteiger partial charge >= 0.3 is 0 Å². The highest BCUT2D eigenvalue weighted by atomic mass is 32.1. The van der Waals surface area contributed by atoms with Crippen LogP contribution in [0.25, 0.3) is 0 Å². The van der Waals surface area contributed by atoms with Crippen molar-refractivity contribution in [2.45, 2.75) is 39.7 Å². The third-order valence-corrected chi connectivity index (χ3v) is 5.73. The van der Waals surface area contributed by atoms with Crippen LogP contribution < -0.4 is 16.0 Å². The average molecular weight is 450 g/mol. The van der Waals surface area contributed by atoms with Crippen molar-refractivity contribution in [2.24, 2.45) is 0 Å². The number of anilines is 2. The third kappa shape index (κ3) is 6.28. The molecule has 1 atom stereocenters. The average Bonchev–Trinajstić information content (AvgIpc) is 3.26. The molecule has 166 valence electrons. The smallest absolute Gasteiger partial charge is 0.252 e. The van der Waals surface area contributed by atoms with Crippen LogP contribution in [0.3, 0.4) is 0 Å². The lowest BCUT2D eigenvalue weighted by atomic mass is 10.0. The summed E-state index contributed by atoms with van der Waals surface area (Å²) in [5, 5.41) is 10.4. The van der Waals surface area contributed by atoms with E-state index in [4.69, 9.17) is 0 Å². The van der Waals surface area contributed by atoms with Crippen molar-refractivity contribution in [1.29, 1.82) is 0 Å². The summed E-state index contributed by atoms with van der Waals surface area (Å²) in [7, 11) is 0. The SMILES string of the molecule is CCCc1ccc(C(NC(=O)c2cc(NC(C)=O)cc(NC(C)=O)c2)c2cccs2)cc1. The molecule has 32 heavy (non-hydrogen) atoms. The van der Waals surface area contributed by atoms with E-state index in [1.54, 1.807) is 29.5 Å². The van der Waals surface area contributed by atoms with E-state index in [-0.39, 0.29) is 23.8 Å². The van der Waals surface area contributed by atoms with E-state index in [2.05, 4.69) is 35.0 Å². The summed E-state index contributed by atoms with van der Waals surface area (Å²) >= 11 is 1.57. The summed E-state index contributed by atoms with van der Waals surface area (Å²) in [4.78, 5) is 37.3. The van der Waals surface area contributed by atoms with E-state index in [0.717, 1.165) is 23.3 Å². The monoisotopic (exact) mass is 449 g/mol. The van der Waals surface area contributed by atoms with Crippen LogP contribution >= 0.6 is 11.3 Å². The summed E-state index contributed by atoms with van der Waals surface area (Å²) in [6, 6.07) is 16.7. The molecule has 0 saturated carbocycles. The number of rotatable bonds is 8. The number of benzene rings is 2. The molecule has 3 rings (SSSR count). The van der Waals surface area contributed by atoms with Crippen LogP contribution in [-0.2, 0) is 16.0 Å². The van der Waals surface area contributed by atoms with Gasteiger partial charge in [-0.15, -0.1) is 11.3 Å². The van der Waals surface area contributed by atoms with Crippen molar-refractivity contribution in [3.05, 3.63) is 81.5 Å². The lowest BCUT2D eigenvalue weighted by Crippen LogP contribution is -2.29. The maximum Gasteiger partial charge on any atom is 0.252 e. The highest BCUT2D eigenvalue weighted by molar-refractivity contribution is 7.10. The van der Waals surface area contributed by atoms with Crippen molar-refractivity contribution in [2.75, 3.05) is 10.6 Å². The van der Waals surface area contributed by atoms with Crippen LogP contribution in [0, 0.1) is 0 Å². The van der Waals surface area contributed by atoms with Gasteiger partial charge in [0.05, 0.1) is 6.04 Å². The van der Waals surface area contributed by atoms with Crippen molar-refractivity contribution >= 4 is 40.4 Å². The molecule has 2 aromatic carbocycles. The van der Waals surface area contributed by atoms with Gasteiger partial charge in [-0.25, -0.2) is 0 Å². The molecule has 0 aliphatic rings. The molecule has 3 amide bonds. The Kier molecular flexibility index (Phi) is 7.78. The molecule has 7 heteroatoms. The van der Waals surface area contributed by atoms with Crippen LogP contribution in [0.4, 0.5) is 11.4 Å².